The monoisotopic (exact) mass is 263 g/mol. The normalized spacial score (nSPS) is 11.1. The summed E-state index contributed by atoms with van der Waals surface area (Å²) in [6.07, 6.45) is -0.835. The van der Waals surface area contributed by atoms with Crippen LogP contribution in [0.1, 0.15) is 13.8 Å². The molecule has 0 aliphatic heterocycles. The Hall–Kier alpha value is -1.08. The number of amides is 1. The molecule has 0 radical (unpaired) electrons. The number of nitrogens with zero attached hydrogens (tertiary/aromatic N) is 1. The van der Waals surface area contributed by atoms with Crippen molar-refractivity contribution in [2.45, 2.75) is 18.1 Å². The predicted octanol–water partition coefficient (Wildman–Crippen LogP) is 1.92. The molecular weight excluding hydrogens is 250 g/mol. The molecule has 0 unspecified atom stereocenters. The molecule has 0 atom stereocenters. The fraction of sp³-hybridized carbons (Fsp3) is 0.444. The third-order valence-electron chi connectivity index (χ3n) is 1.80. The topological polar surface area (TPSA) is 63.7 Å². The Labute approximate surface area is 98.7 Å². The van der Waals surface area contributed by atoms with Gasteiger partial charge < -0.3 is 4.74 Å². The number of thiophene rings is 1. The standard InChI is InChI=1S/C9H13NO4S2/c1-3-10(9(11)14-4-2)16(12,13)8-6-5-7-15-8/h5-7H,3-4H2,1-2H3. The van der Waals surface area contributed by atoms with Gasteiger partial charge in [0.15, 0.2) is 0 Å². The van der Waals surface area contributed by atoms with Crippen molar-refractivity contribution < 1.29 is 17.9 Å². The quantitative estimate of drug-likeness (QED) is 0.832. The molecule has 0 aromatic carbocycles. The lowest BCUT2D eigenvalue weighted by atomic mass is 10.7. The molecular formula is C9H13NO4S2. The highest BCUT2D eigenvalue weighted by Crippen LogP contribution is 2.21. The number of hydrogen-bond acceptors (Lipinski definition) is 5. The van der Waals surface area contributed by atoms with E-state index >= 15 is 0 Å². The molecule has 1 heterocycles. The molecule has 0 saturated heterocycles. The molecule has 0 fully saturated rings. The zero-order chi connectivity index (χ0) is 12.2. The summed E-state index contributed by atoms with van der Waals surface area (Å²) < 4.78 is 29.5. The van der Waals surface area contributed by atoms with E-state index in [-0.39, 0.29) is 17.4 Å². The number of hydrogen-bond donors (Lipinski definition) is 0. The van der Waals surface area contributed by atoms with Crippen molar-refractivity contribution in [3.8, 4) is 0 Å². The zero-order valence-electron chi connectivity index (χ0n) is 9.04. The van der Waals surface area contributed by atoms with Gasteiger partial charge in [-0.25, -0.2) is 9.10 Å². The summed E-state index contributed by atoms with van der Waals surface area (Å²) in [5, 5.41) is 1.64. The van der Waals surface area contributed by atoms with Crippen molar-refractivity contribution in [3.63, 3.8) is 0 Å². The van der Waals surface area contributed by atoms with E-state index in [1.807, 2.05) is 0 Å². The first kappa shape index (κ1) is 13.0. The Kier molecular flexibility index (Phi) is 4.31. The van der Waals surface area contributed by atoms with E-state index in [4.69, 9.17) is 4.74 Å². The van der Waals surface area contributed by atoms with Gasteiger partial charge in [0, 0.05) is 6.54 Å². The lowest BCUT2D eigenvalue weighted by Gasteiger charge is -2.18. The maximum absolute atomic E-state index is 12.0. The van der Waals surface area contributed by atoms with Gasteiger partial charge in [0.25, 0.3) is 10.0 Å². The first-order chi connectivity index (χ1) is 7.54. The minimum atomic E-state index is -3.75. The second-order valence-corrected chi connectivity index (χ2v) is 5.84. The summed E-state index contributed by atoms with van der Waals surface area (Å²) >= 11 is 1.07. The number of rotatable bonds is 4. The molecule has 0 bridgehead atoms. The van der Waals surface area contributed by atoms with E-state index in [9.17, 15) is 13.2 Å². The Morgan fingerprint density at radius 3 is 2.62 bits per heavy atom. The van der Waals surface area contributed by atoms with Gasteiger partial charge in [-0.05, 0) is 25.3 Å². The van der Waals surface area contributed by atoms with Crippen LogP contribution >= 0.6 is 11.3 Å². The van der Waals surface area contributed by atoms with Crippen LogP contribution < -0.4 is 0 Å². The van der Waals surface area contributed by atoms with Crippen molar-refractivity contribution in [3.05, 3.63) is 17.5 Å². The lowest BCUT2D eigenvalue weighted by molar-refractivity contribution is 0.132. The van der Waals surface area contributed by atoms with Crippen LogP contribution in [0.3, 0.4) is 0 Å². The van der Waals surface area contributed by atoms with E-state index in [2.05, 4.69) is 0 Å². The minimum Gasteiger partial charge on any atom is -0.449 e. The molecule has 1 rings (SSSR count). The maximum Gasteiger partial charge on any atom is 0.423 e. The van der Waals surface area contributed by atoms with Gasteiger partial charge in [0.1, 0.15) is 4.21 Å². The van der Waals surface area contributed by atoms with Crippen LogP contribution in [0, 0.1) is 0 Å². The van der Waals surface area contributed by atoms with Crippen LogP contribution in [0.25, 0.3) is 0 Å². The highest BCUT2D eigenvalue weighted by atomic mass is 32.2. The summed E-state index contributed by atoms with van der Waals surface area (Å²) in [5.74, 6) is 0. The van der Waals surface area contributed by atoms with Crippen molar-refractivity contribution in [1.29, 1.82) is 0 Å². The number of carbonyl (C=O) groups excluding carboxylic acids is 1. The van der Waals surface area contributed by atoms with E-state index in [1.54, 1.807) is 25.3 Å². The lowest BCUT2D eigenvalue weighted by Crippen LogP contribution is -2.36. The summed E-state index contributed by atoms with van der Waals surface area (Å²) in [6.45, 7) is 3.42. The van der Waals surface area contributed by atoms with Crippen LogP contribution in [-0.4, -0.2) is 32.0 Å². The fourth-order valence-corrected chi connectivity index (χ4v) is 3.54. The van der Waals surface area contributed by atoms with Crippen molar-refractivity contribution >= 4 is 27.5 Å². The average molecular weight is 263 g/mol. The van der Waals surface area contributed by atoms with E-state index in [0.29, 0.717) is 0 Å². The molecule has 1 amide bonds. The number of sulfonamides is 1. The van der Waals surface area contributed by atoms with Gasteiger partial charge in [-0.3, -0.25) is 0 Å². The fourth-order valence-electron chi connectivity index (χ4n) is 1.11. The Balaban J connectivity index is 3.01. The second kappa shape index (κ2) is 5.31. The summed E-state index contributed by atoms with van der Waals surface area (Å²) in [7, 11) is -3.75. The highest BCUT2D eigenvalue weighted by molar-refractivity contribution is 7.91. The van der Waals surface area contributed by atoms with Gasteiger partial charge in [-0.15, -0.1) is 11.3 Å². The van der Waals surface area contributed by atoms with Gasteiger partial charge in [-0.1, -0.05) is 6.07 Å². The third kappa shape index (κ3) is 2.53. The highest BCUT2D eigenvalue weighted by Gasteiger charge is 2.29. The van der Waals surface area contributed by atoms with E-state index in [1.165, 1.54) is 6.07 Å². The van der Waals surface area contributed by atoms with Crippen molar-refractivity contribution in [2.24, 2.45) is 0 Å². The first-order valence-electron chi connectivity index (χ1n) is 4.77. The second-order valence-electron chi connectivity index (χ2n) is 2.80. The largest absolute Gasteiger partial charge is 0.449 e. The molecule has 1 aromatic rings. The number of ether oxygens (including phenoxy) is 1. The third-order valence-corrected chi connectivity index (χ3v) is 5.01. The van der Waals surface area contributed by atoms with Crippen LogP contribution in [0.15, 0.2) is 21.7 Å². The maximum atomic E-state index is 12.0. The van der Waals surface area contributed by atoms with Crippen LogP contribution in [0.5, 0.6) is 0 Å². The van der Waals surface area contributed by atoms with Crippen LogP contribution in [-0.2, 0) is 14.8 Å². The Bertz CT molecular complexity index is 438. The molecule has 5 nitrogen and oxygen atoms in total. The molecule has 1 aromatic heterocycles. The molecule has 0 aliphatic carbocycles. The molecule has 0 spiro atoms. The molecule has 90 valence electrons. The Morgan fingerprint density at radius 1 is 1.50 bits per heavy atom. The Morgan fingerprint density at radius 2 is 2.19 bits per heavy atom. The van der Waals surface area contributed by atoms with Gasteiger partial charge in [0.05, 0.1) is 6.61 Å². The number of carbonyl (C=O) groups is 1. The van der Waals surface area contributed by atoms with E-state index < -0.39 is 16.1 Å². The summed E-state index contributed by atoms with van der Waals surface area (Å²) in [5.41, 5.74) is 0. The SMILES string of the molecule is CCOC(=O)N(CC)S(=O)(=O)c1cccs1. The predicted molar refractivity (Wildman–Crippen MR) is 60.9 cm³/mol. The van der Waals surface area contributed by atoms with E-state index in [0.717, 1.165) is 15.6 Å². The van der Waals surface area contributed by atoms with Gasteiger partial charge in [0.2, 0.25) is 0 Å². The molecule has 7 heteroatoms. The molecule has 16 heavy (non-hydrogen) atoms. The molecule has 0 aliphatic rings. The minimum absolute atomic E-state index is 0.0546. The molecule has 0 saturated carbocycles. The summed E-state index contributed by atoms with van der Waals surface area (Å²) in [6, 6.07) is 3.08. The zero-order valence-corrected chi connectivity index (χ0v) is 10.7. The average Bonchev–Trinajstić information content (AvgIpc) is 2.71. The molecule has 0 N–H and O–H groups in total. The smallest absolute Gasteiger partial charge is 0.423 e. The first-order valence-corrected chi connectivity index (χ1v) is 7.09. The summed E-state index contributed by atoms with van der Waals surface area (Å²) in [4.78, 5) is 11.4. The van der Waals surface area contributed by atoms with Gasteiger partial charge >= 0.3 is 6.09 Å². The van der Waals surface area contributed by atoms with Crippen molar-refractivity contribution in [2.75, 3.05) is 13.2 Å². The van der Waals surface area contributed by atoms with Gasteiger partial charge in [-0.2, -0.15) is 8.42 Å². The van der Waals surface area contributed by atoms with Crippen LogP contribution in [0.4, 0.5) is 4.79 Å². The van der Waals surface area contributed by atoms with Crippen LogP contribution in [0.2, 0.25) is 0 Å². The van der Waals surface area contributed by atoms with Crippen molar-refractivity contribution in [1.82, 2.24) is 4.31 Å².